The molecule has 0 aliphatic carbocycles. The molecule has 1 atom stereocenters. The number of carbonyl (C=O) groups is 1. The Kier molecular flexibility index (Phi) is 8.27. The van der Waals surface area contributed by atoms with Crippen molar-refractivity contribution in [3.8, 4) is 17.6 Å². The largest absolute Gasteiger partial charge is 0.490 e. The second-order valence-corrected chi connectivity index (χ2v) is 6.46. The molecule has 0 aliphatic heterocycles. The molecule has 2 aromatic rings. The van der Waals surface area contributed by atoms with Crippen LogP contribution in [0.25, 0.3) is 0 Å². The first kappa shape index (κ1) is 19.3. The number of esters is 1. The van der Waals surface area contributed by atoms with Crippen molar-refractivity contribution >= 4 is 5.97 Å². The van der Waals surface area contributed by atoms with E-state index in [-0.39, 0.29) is 37.0 Å². The van der Waals surface area contributed by atoms with Gasteiger partial charge >= 0.3 is 5.97 Å². The Labute approximate surface area is 176 Å². The standard InChI is InChI=1S/C25H28O4/c1-4-27-24(25(26)29-20(2)3)19-22-14-16-23(17-15-22)28-18-10-6-9-13-21-11-7-5-8-12-21/h5-8,10-12,14-17,20,24H,4,18-19H2,1-3H3/b10-6+/t24-/m0/s1/i16T,17T. The molecule has 0 aliphatic rings. The lowest BCUT2D eigenvalue weighted by atomic mass is 10.1. The second-order valence-electron chi connectivity index (χ2n) is 6.46. The summed E-state index contributed by atoms with van der Waals surface area (Å²) in [7, 11) is 0. The number of rotatable bonds is 9. The molecule has 2 rings (SSSR count). The average Bonchev–Trinajstić information content (AvgIpc) is 2.72. The predicted molar refractivity (Wildman–Crippen MR) is 115 cm³/mol. The zero-order valence-electron chi connectivity index (χ0n) is 19.1. The van der Waals surface area contributed by atoms with Gasteiger partial charge in [0.15, 0.2) is 6.10 Å². The topological polar surface area (TPSA) is 44.8 Å². The van der Waals surface area contributed by atoms with Crippen LogP contribution in [0, 0.1) is 11.8 Å². The molecule has 0 saturated carbocycles. The molecule has 4 nitrogen and oxygen atoms in total. The average molecular weight is 397 g/mol. The maximum Gasteiger partial charge on any atom is 0.335 e. The number of benzene rings is 2. The third kappa shape index (κ3) is 8.68. The van der Waals surface area contributed by atoms with Crippen LogP contribution in [0.2, 0.25) is 0 Å². The zero-order valence-corrected chi connectivity index (χ0v) is 17.1. The molecule has 0 amide bonds. The minimum Gasteiger partial charge on any atom is -0.490 e. The first-order valence-corrected chi connectivity index (χ1v) is 9.67. The van der Waals surface area contributed by atoms with Crippen LogP contribution >= 0.6 is 0 Å². The van der Waals surface area contributed by atoms with E-state index < -0.39 is 12.1 Å². The highest BCUT2D eigenvalue weighted by Gasteiger charge is 2.21. The predicted octanol–water partition coefficient (Wildman–Crippen LogP) is 4.57. The molecule has 0 fully saturated rings. The van der Waals surface area contributed by atoms with E-state index in [1.165, 1.54) is 0 Å². The molecule has 0 N–H and O–H groups in total. The maximum atomic E-state index is 12.2. The van der Waals surface area contributed by atoms with Gasteiger partial charge in [-0.1, -0.05) is 42.2 Å². The van der Waals surface area contributed by atoms with Gasteiger partial charge in [0.25, 0.3) is 0 Å². The third-order valence-corrected chi connectivity index (χ3v) is 3.70. The lowest BCUT2D eigenvalue weighted by molar-refractivity contribution is -0.160. The fourth-order valence-corrected chi connectivity index (χ4v) is 2.42. The quantitative estimate of drug-likeness (QED) is 0.460. The van der Waals surface area contributed by atoms with Gasteiger partial charge in [-0.25, -0.2) is 4.79 Å². The monoisotopic (exact) mass is 396 g/mol. The first-order valence-electron chi connectivity index (χ1n) is 10.7. The van der Waals surface area contributed by atoms with Gasteiger partial charge in [-0.3, -0.25) is 0 Å². The molecular formula is C25H28O4. The number of allylic oxidation sites excluding steroid dienone is 1. The highest BCUT2D eigenvalue weighted by molar-refractivity contribution is 5.75. The van der Waals surface area contributed by atoms with Crippen LogP contribution in [-0.2, 0) is 20.7 Å². The van der Waals surface area contributed by atoms with E-state index in [9.17, 15) is 4.79 Å². The Balaban J connectivity index is 1.98. The molecule has 0 unspecified atom stereocenters. The summed E-state index contributed by atoms with van der Waals surface area (Å²) in [4.78, 5) is 12.2. The highest BCUT2D eigenvalue weighted by atomic mass is 16.6. The van der Waals surface area contributed by atoms with Crippen molar-refractivity contribution in [1.82, 2.24) is 0 Å². The van der Waals surface area contributed by atoms with E-state index in [0.717, 1.165) is 5.56 Å². The molecule has 0 heterocycles. The van der Waals surface area contributed by atoms with Gasteiger partial charge in [-0.2, -0.15) is 0 Å². The van der Waals surface area contributed by atoms with Crippen LogP contribution in [0.5, 0.6) is 5.75 Å². The van der Waals surface area contributed by atoms with Gasteiger partial charge in [0.05, 0.1) is 8.85 Å². The van der Waals surface area contributed by atoms with E-state index >= 15 is 0 Å². The van der Waals surface area contributed by atoms with Crippen molar-refractivity contribution in [3.05, 3.63) is 77.8 Å². The molecular weight excluding hydrogens is 364 g/mol. The summed E-state index contributed by atoms with van der Waals surface area (Å²) in [6.45, 7) is 5.91. The van der Waals surface area contributed by atoms with Gasteiger partial charge < -0.3 is 14.2 Å². The van der Waals surface area contributed by atoms with Crippen LogP contribution in [-0.4, -0.2) is 31.4 Å². The number of hydrogen-bond acceptors (Lipinski definition) is 4. The van der Waals surface area contributed by atoms with Crippen molar-refractivity contribution in [2.45, 2.75) is 39.4 Å². The summed E-state index contributed by atoms with van der Waals surface area (Å²) in [6, 6.07) is 13.0. The number of carbonyl (C=O) groups excluding carboxylic acids is 1. The molecule has 29 heavy (non-hydrogen) atoms. The highest BCUT2D eigenvalue weighted by Crippen LogP contribution is 2.15. The van der Waals surface area contributed by atoms with E-state index in [4.69, 9.17) is 17.0 Å². The summed E-state index contributed by atoms with van der Waals surface area (Å²) in [5, 5.41) is 0. The van der Waals surface area contributed by atoms with E-state index in [2.05, 4.69) is 11.8 Å². The Morgan fingerprint density at radius 2 is 1.90 bits per heavy atom. The maximum absolute atomic E-state index is 12.2. The van der Waals surface area contributed by atoms with Crippen molar-refractivity contribution in [3.63, 3.8) is 0 Å². The second kappa shape index (κ2) is 12.4. The number of hydrogen-bond donors (Lipinski definition) is 0. The minimum absolute atomic E-state index is 0.0822. The van der Waals surface area contributed by atoms with Crippen LogP contribution < -0.4 is 4.74 Å². The van der Waals surface area contributed by atoms with Crippen LogP contribution in [0.15, 0.2) is 66.7 Å². The summed E-state index contributed by atoms with van der Waals surface area (Å²) in [5.41, 5.74) is 1.57. The van der Waals surface area contributed by atoms with Crippen LogP contribution in [0.3, 0.4) is 0 Å². The molecule has 0 radical (unpaired) electrons. The van der Waals surface area contributed by atoms with Crippen LogP contribution in [0.1, 0.15) is 34.6 Å². The molecule has 152 valence electrons. The molecule has 4 heteroatoms. The molecule has 0 spiro atoms. The van der Waals surface area contributed by atoms with Gasteiger partial charge in [0.2, 0.25) is 0 Å². The zero-order chi connectivity index (χ0) is 22.6. The Morgan fingerprint density at radius 3 is 2.55 bits per heavy atom. The lowest BCUT2D eigenvalue weighted by Gasteiger charge is -2.18. The van der Waals surface area contributed by atoms with Gasteiger partial charge in [0.1, 0.15) is 12.4 Å². The first-order chi connectivity index (χ1) is 14.9. The summed E-state index contributed by atoms with van der Waals surface area (Å²) < 4.78 is 32.7. The molecule has 0 bridgehead atoms. The Morgan fingerprint density at radius 1 is 1.17 bits per heavy atom. The van der Waals surface area contributed by atoms with Crippen molar-refractivity contribution < 1.29 is 21.7 Å². The smallest absolute Gasteiger partial charge is 0.335 e. The SMILES string of the molecule is [3H]c1cc(C[C@H](OCC)C(=O)OC(C)C)cc([3H])c1OC/C=C/C#Cc1ccccc1. The van der Waals surface area contributed by atoms with Crippen molar-refractivity contribution in [1.29, 1.82) is 0 Å². The van der Waals surface area contributed by atoms with Gasteiger partial charge in [0, 0.05) is 18.6 Å². The van der Waals surface area contributed by atoms with Crippen LogP contribution in [0.4, 0.5) is 0 Å². The van der Waals surface area contributed by atoms with Gasteiger partial charge in [-0.05, 0) is 62.7 Å². The number of ether oxygens (including phenoxy) is 3. The van der Waals surface area contributed by atoms with E-state index in [1.54, 1.807) is 45.1 Å². The fourth-order valence-electron chi connectivity index (χ4n) is 2.42. The van der Waals surface area contributed by atoms with E-state index in [0.29, 0.717) is 12.2 Å². The Bertz CT molecular complexity index is 920. The normalized spacial score (nSPS) is 12.7. The fraction of sp³-hybridized carbons (Fsp3) is 0.320. The third-order valence-electron chi connectivity index (χ3n) is 3.70. The molecule has 0 saturated heterocycles. The summed E-state index contributed by atoms with van der Waals surface area (Å²) in [5.74, 6) is 5.66. The Hall–Kier alpha value is -3.03. The van der Waals surface area contributed by atoms with Crippen molar-refractivity contribution in [2.75, 3.05) is 13.2 Å². The van der Waals surface area contributed by atoms with Gasteiger partial charge in [-0.15, -0.1) is 0 Å². The lowest BCUT2D eigenvalue weighted by Crippen LogP contribution is -2.30. The van der Waals surface area contributed by atoms with Crippen molar-refractivity contribution in [2.24, 2.45) is 0 Å². The summed E-state index contributed by atoms with van der Waals surface area (Å²) in [6.07, 6.45) is 2.63. The molecule has 2 aromatic carbocycles. The molecule has 0 aromatic heterocycles. The summed E-state index contributed by atoms with van der Waals surface area (Å²) >= 11 is 0. The minimum atomic E-state index is -0.774. The van der Waals surface area contributed by atoms with E-state index in [1.807, 2.05) is 30.3 Å².